The summed E-state index contributed by atoms with van der Waals surface area (Å²) >= 11 is 0. The Morgan fingerprint density at radius 3 is 2.89 bits per heavy atom. The lowest BCUT2D eigenvalue weighted by Crippen LogP contribution is -2.37. The fraction of sp³-hybridized carbons (Fsp3) is 0.500. The number of benzene rings is 1. The van der Waals surface area contributed by atoms with Crippen molar-refractivity contribution in [3.05, 3.63) is 29.8 Å². The third-order valence-electron chi connectivity index (χ3n) is 3.51. The van der Waals surface area contributed by atoms with Crippen molar-refractivity contribution in [1.82, 2.24) is 10.2 Å². The average molecular weight is 248 g/mol. The van der Waals surface area contributed by atoms with Crippen molar-refractivity contribution in [1.29, 1.82) is 0 Å². The van der Waals surface area contributed by atoms with Crippen molar-refractivity contribution in [2.24, 2.45) is 0 Å². The molecule has 0 aromatic heterocycles. The van der Waals surface area contributed by atoms with Crippen LogP contribution < -0.4 is 10.1 Å². The second kappa shape index (κ2) is 5.40. The molecule has 0 radical (unpaired) electrons. The summed E-state index contributed by atoms with van der Waals surface area (Å²) < 4.78 is 5.38. The van der Waals surface area contributed by atoms with Gasteiger partial charge in [-0.05, 0) is 19.4 Å². The Labute approximate surface area is 108 Å². The van der Waals surface area contributed by atoms with Gasteiger partial charge in [0.15, 0.2) is 0 Å². The number of para-hydroxylation sites is 1. The summed E-state index contributed by atoms with van der Waals surface area (Å²) in [5.74, 6) is 0.971. The van der Waals surface area contributed by atoms with Crippen LogP contribution in [0.2, 0.25) is 0 Å². The SMILES string of the molecule is CCC(C)N1C(=O)CNC1c1ccccc1OC. The summed E-state index contributed by atoms with van der Waals surface area (Å²) in [4.78, 5) is 13.9. The van der Waals surface area contributed by atoms with Gasteiger partial charge in [-0.15, -0.1) is 0 Å². The molecule has 1 saturated heterocycles. The molecule has 1 N–H and O–H groups in total. The highest BCUT2D eigenvalue weighted by molar-refractivity contribution is 5.81. The third kappa shape index (κ3) is 2.20. The summed E-state index contributed by atoms with van der Waals surface area (Å²) in [7, 11) is 1.66. The number of nitrogens with zero attached hydrogens (tertiary/aromatic N) is 1. The van der Waals surface area contributed by atoms with Crippen molar-refractivity contribution in [3.8, 4) is 5.75 Å². The number of amides is 1. The Bertz CT molecular complexity index is 434. The molecular formula is C14H20N2O2. The molecule has 1 amide bonds. The van der Waals surface area contributed by atoms with Crippen molar-refractivity contribution in [2.45, 2.75) is 32.5 Å². The number of hydrogen-bond acceptors (Lipinski definition) is 3. The maximum atomic E-state index is 12.0. The summed E-state index contributed by atoms with van der Waals surface area (Å²) in [5.41, 5.74) is 1.02. The second-order valence-corrected chi connectivity index (χ2v) is 4.58. The van der Waals surface area contributed by atoms with Crippen molar-refractivity contribution < 1.29 is 9.53 Å². The highest BCUT2D eigenvalue weighted by atomic mass is 16.5. The first-order valence-corrected chi connectivity index (χ1v) is 6.36. The van der Waals surface area contributed by atoms with E-state index in [0.717, 1.165) is 17.7 Å². The van der Waals surface area contributed by atoms with E-state index in [1.54, 1.807) is 7.11 Å². The van der Waals surface area contributed by atoms with Crippen LogP contribution in [-0.4, -0.2) is 30.5 Å². The quantitative estimate of drug-likeness (QED) is 0.885. The van der Waals surface area contributed by atoms with Crippen LogP contribution in [0.3, 0.4) is 0 Å². The lowest BCUT2D eigenvalue weighted by molar-refractivity contribution is -0.130. The van der Waals surface area contributed by atoms with Gasteiger partial charge in [-0.25, -0.2) is 0 Å². The van der Waals surface area contributed by atoms with E-state index in [1.807, 2.05) is 29.2 Å². The van der Waals surface area contributed by atoms with E-state index >= 15 is 0 Å². The van der Waals surface area contributed by atoms with Crippen LogP contribution in [0.15, 0.2) is 24.3 Å². The number of ether oxygens (including phenoxy) is 1. The van der Waals surface area contributed by atoms with Gasteiger partial charge in [0.25, 0.3) is 0 Å². The third-order valence-corrected chi connectivity index (χ3v) is 3.51. The first kappa shape index (κ1) is 12.9. The van der Waals surface area contributed by atoms with Crippen LogP contribution in [-0.2, 0) is 4.79 Å². The van der Waals surface area contributed by atoms with Crippen LogP contribution in [0.1, 0.15) is 32.0 Å². The van der Waals surface area contributed by atoms with Gasteiger partial charge in [0.1, 0.15) is 11.9 Å². The zero-order valence-electron chi connectivity index (χ0n) is 11.1. The Morgan fingerprint density at radius 1 is 1.50 bits per heavy atom. The van der Waals surface area contributed by atoms with E-state index in [4.69, 9.17) is 4.74 Å². The lowest BCUT2D eigenvalue weighted by atomic mass is 10.1. The number of methoxy groups -OCH3 is 1. The molecule has 1 heterocycles. The first-order valence-electron chi connectivity index (χ1n) is 6.36. The van der Waals surface area contributed by atoms with Crippen LogP contribution in [0.25, 0.3) is 0 Å². The molecule has 2 atom stereocenters. The Morgan fingerprint density at radius 2 is 2.22 bits per heavy atom. The molecule has 1 fully saturated rings. The Balaban J connectivity index is 2.34. The molecule has 2 rings (SSSR count). The molecule has 1 aliphatic rings. The molecule has 18 heavy (non-hydrogen) atoms. The van der Waals surface area contributed by atoms with Crippen LogP contribution in [0.4, 0.5) is 0 Å². The van der Waals surface area contributed by atoms with Gasteiger partial charge in [-0.2, -0.15) is 0 Å². The number of carbonyl (C=O) groups excluding carboxylic acids is 1. The van der Waals surface area contributed by atoms with Crippen LogP contribution in [0.5, 0.6) is 5.75 Å². The van der Waals surface area contributed by atoms with Gasteiger partial charge >= 0.3 is 0 Å². The van der Waals surface area contributed by atoms with E-state index in [-0.39, 0.29) is 18.1 Å². The molecule has 0 aliphatic carbocycles. The predicted molar refractivity (Wildman–Crippen MR) is 70.3 cm³/mol. The fourth-order valence-corrected chi connectivity index (χ4v) is 2.37. The maximum absolute atomic E-state index is 12.0. The number of hydrogen-bond donors (Lipinski definition) is 1. The zero-order valence-corrected chi connectivity index (χ0v) is 11.1. The molecule has 4 heteroatoms. The van der Waals surface area contributed by atoms with Gasteiger partial charge in [-0.1, -0.05) is 25.1 Å². The summed E-state index contributed by atoms with van der Waals surface area (Å²) in [6.07, 6.45) is 0.864. The minimum absolute atomic E-state index is 0.0800. The minimum Gasteiger partial charge on any atom is -0.496 e. The van der Waals surface area contributed by atoms with Gasteiger partial charge in [-0.3, -0.25) is 10.1 Å². The van der Waals surface area contributed by atoms with Gasteiger partial charge in [0.05, 0.1) is 13.7 Å². The molecule has 0 bridgehead atoms. The minimum atomic E-state index is -0.0800. The van der Waals surface area contributed by atoms with Crippen molar-refractivity contribution >= 4 is 5.91 Å². The van der Waals surface area contributed by atoms with Crippen LogP contribution >= 0.6 is 0 Å². The molecule has 1 aromatic rings. The molecule has 1 aliphatic heterocycles. The fourth-order valence-electron chi connectivity index (χ4n) is 2.37. The molecule has 2 unspecified atom stereocenters. The van der Waals surface area contributed by atoms with Gasteiger partial charge in [0, 0.05) is 11.6 Å². The lowest BCUT2D eigenvalue weighted by Gasteiger charge is -2.30. The maximum Gasteiger partial charge on any atom is 0.238 e. The summed E-state index contributed by atoms with van der Waals surface area (Å²) in [6.45, 7) is 4.57. The van der Waals surface area contributed by atoms with E-state index in [2.05, 4.69) is 19.2 Å². The molecule has 1 aromatic carbocycles. The average Bonchev–Trinajstić information content (AvgIpc) is 2.79. The summed E-state index contributed by atoms with van der Waals surface area (Å²) in [5, 5.41) is 3.26. The highest BCUT2D eigenvalue weighted by Gasteiger charge is 2.35. The predicted octanol–water partition coefficient (Wildman–Crippen LogP) is 1.92. The molecule has 4 nitrogen and oxygen atoms in total. The first-order chi connectivity index (χ1) is 8.69. The number of rotatable bonds is 4. The smallest absolute Gasteiger partial charge is 0.238 e. The number of carbonyl (C=O) groups is 1. The van der Waals surface area contributed by atoms with Gasteiger partial charge in [0.2, 0.25) is 5.91 Å². The number of nitrogens with one attached hydrogen (secondary N) is 1. The standard InChI is InChI=1S/C14H20N2O2/c1-4-10(2)16-13(17)9-15-14(16)11-7-5-6-8-12(11)18-3/h5-8,10,14-15H,4,9H2,1-3H3. The zero-order chi connectivity index (χ0) is 13.1. The van der Waals surface area contributed by atoms with Crippen molar-refractivity contribution in [2.75, 3.05) is 13.7 Å². The Kier molecular flexibility index (Phi) is 3.87. The molecule has 0 spiro atoms. The normalized spacial score (nSPS) is 21.2. The molecule has 0 saturated carbocycles. The van der Waals surface area contributed by atoms with E-state index < -0.39 is 0 Å². The Hall–Kier alpha value is -1.55. The molecule has 98 valence electrons. The van der Waals surface area contributed by atoms with Gasteiger partial charge < -0.3 is 9.64 Å². The molecular weight excluding hydrogens is 228 g/mol. The van der Waals surface area contributed by atoms with E-state index in [9.17, 15) is 4.79 Å². The topological polar surface area (TPSA) is 41.6 Å². The summed E-state index contributed by atoms with van der Waals surface area (Å²) in [6, 6.07) is 8.06. The highest BCUT2D eigenvalue weighted by Crippen LogP contribution is 2.31. The van der Waals surface area contributed by atoms with E-state index in [0.29, 0.717) is 6.54 Å². The van der Waals surface area contributed by atoms with E-state index in [1.165, 1.54) is 0 Å². The largest absolute Gasteiger partial charge is 0.496 e. The second-order valence-electron chi connectivity index (χ2n) is 4.58. The monoisotopic (exact) mass is 248 g/mol. The van der Waals surface area contributed by atoms with Crippen LogP contribution in [0, 0.1) is 0 Å². The van der Waals surface area contributed by atoms with Crippen molar-refractivity contribution in [3.63, 3.8) is 0 Å².